The van der Waals surface area contributed by atoms with E-state index in [1.54, 1.807) is 24.3 Å². The monoisotopic (exact) mass is 480 g/mol. The lowest BCUT2D eigenvalue weighted by atomic mass is 10.2. The highest BCUT2D eigenvalue weighted by Crippen LogP contribution is 2.25. The molecule has 31 heavy (non-hydrogen) atoms. The molecule has 0 aliphatic carbocycles. The molecule has 3 N–H and O–H groups in total. The average molecular weight is 482 g/mol. The van der Waals surface area contributed by atoms with Crippen molar-refractivity contribution in [2.45, 2.75) is 19.8 Å². The van der Waals surface area contributed by atoms with E-state index in [0.29, 0.717) is 38.2 Å². The Labute approximate surface area is 193 Å². The zero-order chi connectivity index (χ0) is 22.5. The summed E-state index contributed by atoms with van der Waals surface area (Å²) in [5, 5.41) is 7.00. The van der Waals surface area contributed by atoms with Crippen LogP contribution < -0.4 is 16.1 Å². The average Bonchev–Trinajstić information content (AvgIpc) is 3.04. The normalized spacial score (nSPS) is 10.7. The molecule has 0 unspecified atom stereocenters. The van der Waals surface area contributed by atoms with Gasteiger partial charge in [-0.15, -0.1) is 0 Å². The van der Waals surface area contributed by atoms with E-state index in [1.165, 1.54) is 22.9 Å². The second kappa shape index (κ2) is 10.0. The van der Waals surface area contributed by atoms with Crippen LogP contribution in [0.1, 0.15) is 30.3 Å². The third-order valence-corrected chi connectivity index (χ3v) is 5.02. The lowest BCUT2D eigenvalue weighted by molar-refractivity contribution is -0.136. The Morgan fingerprint density at radius 2 is 1.61 bits per heavy atom. The van der Waals surface area contributed by atoms with Gasteiger partial charge in [-0.1, -0.05) is 48.1 Å². The fourth-order valence-electron chi connectivity index (χ4n) is 2.91. The van der Waals surface area contributed by atoms with E-state index in [9.17, 15) is 14.4 Å². The van der Waals surface area contributed by atoms with Crippen molar-refractivity contribution in [1.29, 1.82) is 0 Å². The number of rotatable bonds is 6. The third kappa shape index (κ3) is 5.70. The number of nitrogens with one attached hydrogen (secondary N) is 3. The van der Waals surface area contributed by atoms with E-state index < -0.39 is 17.7 Å². The van der Waals surface area contributed by atoms with E-state index in [4.69, 9.17) is 34.8 Å². The summed E-state index contributed by atoms with van der Waals surface area (Å²) >= 11 is 18.0. The molecule has 0 radical (unpaired) electrons. The van der Waals surface area contributed by atoms with Crippen molar-refractivity contribution in [3.63, 3.8) is 0 Å². The van der Waals surface area contributed by atoms with E-state index in [1.807, 2.05) is 6.92 Å². The first-order chi connectivity index (χ1) is 14.8. The predicted molar refractivity (Wildman–Crippen MR) is 124 cm³/mol. The fraction of sp³-hybridized carbons (Fsp3) is 0.190. The number of carbonyl (C=O) groups is 3. The molecule has 2 aromatic carbocycles. The number of carbonyl (C=O) groups excluding carboxylic acids is 3. The van der Waals surface area contributed by atoms with Gasteiger partial charge < -0.3 is 10.6 Å². The van der Waals surface area contributed by atoms with Crippen molar-refractivity contribution >= 4 is 69.1 Å². The maximum Gasteiger partial charge on any atom is 0.328 e. The summed E-state index contributed by atoms with van der Waals surface area (Å²) < 4.78 is 1.24. The second-order valence-corrected chi connectivity index (χ2v) is 8.04. The Morgan fingerprint density at radius 1 is 0.903 bits per heavy atom. The van der Waals surface area contributed by atoms with Gasteiger partial charge in [-0.25, -0.2) is 4.68 Å². The molecule has 10 heteroatoms. The molecule has 0 bridgehead atoms. The van der Waals surface area contributed by atoms with Crippen molar-refractivity contribution in [1.82, 2.24) is 9.99 Å². The Kier molecular flexibility index (Phi) is 7.43. The molecule has 0 saturated carbocycles. The van der Waals surface area contributed by atoms with Crippen LogP contribution in [0.15, 0.2) is 42.5 Å². The van der Waals surface area contributed by atoms with Crippen LogP contribution in [-0.4, -0.2) is 28.9 Å². The number of halogens is 3. The molecule has 1 aromatic heterocycles. The maximum absolute atomic E-state index is 13.0. The molecule has 162 valence electrons. The van der Waals surface area contributed by atoms with Gasteiger partial charge in [0.05, 0.1) is 5.52 Å². The molecular formula is C21H19Cl3N4O3. The lowest BCUT2D eigenvalue weighted by Gasteiger charge is -2.13. The molecule has 0 atom stereocenters. The smallest absolute Gasteiger partial charge is 0.328 e. The van der Waals surface area contributed by atoms with Crippen LogP contribution in [0.3, 0.4) is 0 Å². The minimum atomic E-state index is -0.900. The molecular weight excluding hydrogens is 463 g/mol. The van der Waals surface area contributed by atoms with E-state index in [2.05, 4.69) is 16.1 Å². The summed E-state index contributed by atoms with van der Waals surface area (Å²) in [5.74, 6) is -2.24. The van der Waals surface area contributed by atoms with Gasteiger partial charge in [0.15, 0.2) is 0 Å². The summed E-state index contributed by atoms with van der Waals surface area (Å²) in [6.45, 7) is 2.36. The van der Waals surface area contributed by atoms with Crippen molar-refractivity contribution in [2.75, 3.05) is 17.3 Å². The van der Waals surface area contributed by atoms with Gasteiger partial charge in [-0.2, -0.15) is 0 Å². The first-order valence-corrected chi connectivity index (χ1v) is 10.6. The molecule has 3 aromatic rings. The third-order valence-electron chi connectivity index (χ3n) is 4.35. The number of anilines is 1. The second-order valence-electron chi connectivity index (χ2n) is 6.73. The fourth-order valence-corrected chi connectivity index (χ4v) is 3.61. The largest absolute Gasteiger partial charge is 0.348 e. The highest BCUT2D eigenvalue weighted by atomic mass is 35.5. The quantitative estimate of drug-likeness (QED) is 0.347. The van der Waals surface area contributed by atoms with Gasteiger partial charge in [0, 0.05) is 32.7 Å². The van der Waals surface area contributed by atoms with E-state index in [-0.39, 0.29) is 5.69 Å². The summed E-state index contributed by atoms with van der Waals surface area (Å²) in [7, 11) is 0. The van der Waals surface area contributed by atoms with Crippen LogP contribution in [-0.2, 0) is 9.59 Å². The predicted octanol–water partition coefficient (Wildman–Crippen LogP) is 4.84. The Morgan fingerprint density at radius 3 is 2.29 bits per heavy atom. The van der Waals surface area contributed by atoms with Gasteiger partial charge in [-0.3, -0.25) is 19.8 Å². The molecule has 3 rings (SSSR count). The van der Waals surface area contributed by atoms with Crippen molar-refractivity contribution in [3.8, 4) is 0 Å². The summed E-state index contributed by atoms with van der Waals surface area (Å²) in [4.78, 5) is 37.5. The zero-order valence-electron chi connectivity index (χ0n) is 16.5. The molecule has 3 amide bonds. The van der Waals surface area contributed by atoms with Crippen LogP contribution in [0.5, 0.6) is 0 Å². The van der Waals surface area contributed by atoms with Crippen LogP contribution >= 0.6 is 34.8 Å². The number of nitrogens with zero attached hydrogens (tertiary/aromatic N) is 1. The van der Waals surface area contributed by atoms with Crippen LogP contribution in [0.4, 0.5) is 5.69 Å². The number of fused-ring (bicyclic) bond motifs is 1. The minimum absolute atomic E-state index is 0.0862. The Balaban J connectivity index is 1.92. The number of hydrogen-bond acceptors (Lipinski definition) is 3. The summed E-state index contributed by atoms with van der Waals surface area (Å²) in [6.07, 6.45) is 1.63. The van der Waals surface area contributed by atoms with Crippen molar-refractivity contribution < 1.29 is 14.4 Å². The molecule has 0 aliphatic rings. The number of amides is 3. The SMILES string of the molecule is CCCCNC(=O)C(=O)Nn1c(C(=O)Nc2cc(Cl)cc(Cl)c2)cc2cc(Cl)ccc21. The van der Waals surface area contributed by atoms with Crippen LogP contribution in [0.25, 0.3) is 10.9 Å². The molecule has 1 heterocycles. The van der Waals surface area contributed by atoms with Gasteiger partial charge in [-0.05, 0) is 48.9 Å². The molecule has 0 spiro atoms. The number of benzene rings is 2. The number of unbranched alkanes of at least 4 members (excludes halogenated alkanes) is 1. The molecule has 0 aliphatic heterocycles. The zero-order valence-corrected chi connectivity index (χ0v) is 18.7. The Hall–Kier alpha value is -2.74. The molecule has 7 nitrogen and oxygen atoms in total. The first-order valence-electron chi connectivity index (χ1n) is 9.46. The number of hydrogen-bond donors (Lipinski definition) is 3. The van der Waals surface area contributed by atoms with E-state index >= 15 is 0 Å². The van der Waals surface area contributed by atoms with Gasteiger partial charge in [0.25, 0.3) is 5.91 Å². The number of aromatic nitrogens is 1. The topological polar surface area (TPSA) is 92.2 Å². The molecule has 0 fully saturated rings. The lowest BCUT2D eigenvalue weighted by Crippen LogP contribution is -2.40. The van der Waals surface area contributed by atoms with Crippen molar-refractivity contribution in [3.05, 3.63) is 63.2 Å². The molecule has 0 saturated heterocycles. The van der Waals surface area contributed by atoms with Crippen LogP contribution in [0, 0.1) is 0 Å². The highest BCUT2D eigenvalue weighted by molar-refractivity contribution is 6.38. The summed E-state index contributed by atoms with van der Waals surface area (Å²) in [6, 6.07) is 11.1. The van der Waals surface area contributed by atoms with Gasteiger partial charge in [0.1, 0.15) is 5.69 Å². The highest BCUT2D eigenvalue weighted by Gasteiger charge is 2.21. The standard InChI is InChI=1S/C21H19Cl3N4O3/c1-2-3-6-25-20(30)21(31)27-28-17-5-4-13(22)7-12(17)8-18(28)19(29)26-16-10-14(23)9-15(24)11-16/h4-5,7-11H,2-3,6H2,1H3,(H,25,30)(H,26,29)(H,27,31). The first kappa shape index (κ1) is 22.9. The van der Waals surface area contributed by atoms with Gasteiger partial charge in [0.2, 0.25) is 0 Å². The minimum Gasteiger partial charge on any atom is -0.348 e. The van der Waals surface area contributed by atoms with Gasteiger partial charge >= 0.3 is 11.8 Å². The maximum atomic E-state index is 13.0. The summed E-state index contributed by atoms with van der Waals surface area (Å²) in [5.41, 5.74) is 3.43. The van der Waals surface area contributed by atoms with Crippen LogP contribution in [0.2, 0.25) is 15.1 Å². The Bertz CT molecular complexity index is 1140. The van der Waals surface area contributed by atoms with E-state index in [0.717, 1.165) is 12.8 Å². The van der Waals surface area contributed by atoms with Crippen molar-refractivity contribution in [2.24, 2.45) is 0 Å².